The molecule has 5 heteroatoms. The second-order valence-corrected chi connectivity index (χ2v) is 5.40. The molecule has 0 aliphatic carbocycles. The molecular formula is C14H18N4O. The molecule has 0 spiro atoms. The van der Waals surface area contributed by atoms with Crippen LogP contribution in [0.4, 0.5) is 0 Å². The minimum atomic E-state index is -0.0136. The Morgan fingerprint density at radius 1 is 1.21 bits per heavy atom. The van der Waals surface area contributed by atoms with E-state index in [1.807, 2.05) is 25.1 Å². The highest BCUT2D eigenvalue weighted by atomic mass is 16.5. The lowest BCUT2D eigenvalue weighted by molar-refractivity contribution is 0.241. The van der Waals surface area contributed by atoms with Gasteiger partial charge in [-0.15, -0.1) is 0 Å². The number of aryl methyl sites for hydroxylation is 1. The van der Waals surface area contributed by atoms with Crippen molar-refractivity contribution in [3.05, 3.63) is 29.8 Å². The summed E-state index contributed by atoms with van der Waals surface area (Å²) in [6.07, 6.45) is 2.05. The van der Waals surface area contributed by atoms with Crippen molar-refractivity contribution in [1.29, 1.82) is 0 Å². The van der Waals surface area contributed by atoms with Crippen molar-refractivity contribution in [1.82, 2.24) is 20.4 Å². The van der Waals surface area contributed by atoms with Gasteiger partial charge in [0.2, 0.25) is 11.7 Å². The molecule has 0 saturated carbocycles. The number of rotatable bonds is 2. The van der Waals surface area contributed by atoms with Gasteiger partial charge in [0, 0.05) is 11.1 Å². The first kappa shape index (κ1) is 12.3. The van der Waals surface area contributed by atoms with Crippen molar-refractivity contribution in [3.63, 3.8) is 0 Å². The first-order chi connectivity index (χ1) is 9.17. The lowest BCUT2D eigenvalue weighted by Gasteiger charge is -2.30. The molecule has 1 aliphatic heterocycles. The zero-order valence-corrected chi connectivity index (χ0v) is 11.3. The van der Waals surface area contributed by atoms with Gasteiger partial charge in [-0.3, -0.25) is 0 Å². The van der Waals surface area contributed by atoms with Crippen molar-refractivity contribution in [2.75, 3.05) is 13.1 Å². The van der Waals surface area contributed by atoms with Crippen LogP contribution in [-0.4, -0.2) is 28.2 Å². The largest absolute Gasteiger partial charge is 0.338 e. The summed E-state index contributed by atoms with van der Waals surface area (Å²) in [6, 6.07) is 5.82. The molecule has 1 saturated heterocycles. The predicted octanol–water partition coefficient (Wildman–Crippen LogP) is 2.08. The van der Waals surface area contributed by atoms with E-state index in [1.165, 1.54) is 0 Å². The molecule has 2 aromatic heterocycles. The van der Waals surface area contributed by atoms with Crippen molar-refractivity contribution in [2.24, 2.45) is 0 Å². The number of pyridine rings is 1. The fraction of sp³-hybridized carbons (Fsp3) is 0.500. The standard InChI is InChI=1S/C14H18N4O/c1-10-4-3-5-11(16-10)12-17-13(19-18-12)14(2)6-8-15-9-7-14/h3-5,15H,6-9H2,1-2H3. The molecule has 3 heterocycles. The summed E-state index contributed by atoms with van der Waals surface area (Å²) in [6.45, 7) is 6.14. The van der Waals surface area contributed by atoms with Crippen molar-refractivity contribution < 1.29 is 4.52 Å². The highest BCUT2D eigenvalue weighted by Crippen LogP contribution is 2.32. The van der Waals surface area contributed by atoms with Crippen molar-refractivity contribution >= 4 is 0 Å². The molecular weight excluding hydrogens is 240 g/mol. The minimum Gasteiger partial charge on any atom is -0.338 e. The van der Waals surface area contributed by atoms with E-state index in [2.05, 4.69) is 27.4 Å². The fourth-order valence-electron chi connectivity index (χ4n) is 2.43. The van der Waals surface area contributed by atoms with Crippen LogP contribution in [0.5, 0.6) is 0 Å². The second kappa shape index (κ2) is 4.74. The topological polar surface area (TPSA) is 63.8 Å². The van der Waals surface area contributed by atoms with Crippen LogP contribution < -0.4 is 5.32 Å². The monoisotopic (exact) mass is 258 g/mol. The van der Waals surface area contributed by atoms with Gasteiger partial charge in [-0.05, 0) is 45.0 Å². The van der Waals surface area contributed by atoms with Crippen LogP contribution in [0, 0.1) is 6.92 Å². The first-order valence-corrected chi connectivity index (χ1v) is 6.66. The molecule has 1 fully saturated rings. The van der Waals surface area contributed by atoms with Crippen LogP contribution in [0.2, 0.25) is 0 Å². The van der Waals surface area contributed by atoms with Gasteiger partial charge in [0.05, 0.1) is 0 Å². The molecule has 100 valence electrons. The Balaban J connectivity index is 1.91. The Morgan fingerprint density at radius 2 is 2.00 bits per heavy atom. The van der Waals surface area contributed by atoms with Gasteiger partial charge in [0.15, 0.2) is 0 Å². The van der Waals surface area contributed by atoms with E-state index >= 15 is 0 Å². The highest BCUT2D eigenvalue weighted by Gasteiger charge is 2.34. The second-order valence-electron chi connectivity index (χ2n) is 5.40. The van der Waals surface area contributed by atoms with Gasteiger partial charge in [0.1, 0.15) is 5.69 Å². The Kier molecular flexibility index (Phi) is 3.06. The molecule has 0 aromatic carbocycles. The van der Waals surface area contributed by atoms with E-state index in [1.54, 1.807) is 0 Å². The summed E-state index contributed by atoms with van der Waals surface area (Å²) in [5.41, 5.74) is 1.71. The molecule has 19 heavy (non-hydrogen) atoms. The summed E-state index contributed by atoms with van der Waals surface area (Å²) >= 11 is 0. The molecule has 1 N–H and O–H groups in total. The molecule has 5 nitrogen and oxygen atoms in total. The summed E-state index contributed by atoms with van der Waals surface area (Å²) in [7, 11) is 0. The van der Waals surface area contributed by atoms with Crippen LogP contribution >= 0.6 is 0 Å². The minimum absolute atomic E-state index is 0.0136. The van der Waals surface area contributed by atoms with E-state index < -0.39 is 0 Å². The van der Waals surface area contributed by atoms with Crippen molar-refractivity contribution in [2.45, 2.75) is 32.1 Å². The average molecular weight is 258 g/mol. The van der Waals surface area contributed by atoms with Gasteiger partial charge >= 0.3 is 0 Å². The van der Waals surface area contributed by atoms with Crippen LogP contribution in [0.15, 0.2) is 22.7 Å². The lowest BCUT2D eigenvalue weighted by atomic mass is 9.81. The smallest absolute Gasteiger partial charge is 0.233 e. The van der Waals surface area contributed by atoms with Crippen LogP contribution in [0.25, 0.3) is 11.5 Å². The Bertz CT molecular complexity index is 572. The number of hydrogen-bond acceptors (Lipinski definition) is 5. The highest BCUT2D eigenvalue weighted by molar-refractivity contribution is 5.48. The van der Waals surface area contributed by atoms with Crippen LogP contribution in [-0.2, 0) is 5.41 Å². The molecule has 1 aliphatic rings. The maximum absolute atomic E-state index is 5.47. The third kappa shape index (κ3) is 2.38. The molecule has 3 rings (SSSR count). The maximum Gasteiger partial charge on any atom is 0.233 e. The van der Waals surface area contributed by atoms with Crippen molar-refractivity contribution in [3.8, 4) is 11.5 Å². The molecule has 0 unspecified atom stereocenters. The number of hydrogen-bond donors (Lipinski definition) is 1. The molecule has 0 atom stereocenters. The number of nitrogens with zero attached hydrogens (tertiary/aromatic N) is 3. The van der Waals surface area contributed by atoms with Crippen LogP contribution in [0.1, 0.15) is 31.4 Å². The maximum atomic E-state index is 5.47. The third-order valence-corrected chi connectivity index (χ3v) is 3.77. The van der Waals surface area contributed by atoms with E-state index in [0.717, 1.165) is 43.2 Å². The SMILES string of the molecule is Cc1cccc(-c2noc(C3(C)CCNCC3)n2)n1. The molecule has 0 radical (unpaired) electrons. The zero-order valence-electron chi connectivity index (χ0n) is 11.3. The third-order valence-electron chi connectivity index (χ3n) is 3.77. The van der Waals surface area contributed by atoms with Gasteiger partial charge in [0.25, 0.3) is 0 Å². The van der Waals surface area contributed by atoms with Gasteiger partial charge in [-0.2, -0.15) is 4.98 Å². The average Bonchev–Trinajstić information content (AvgIpc) is 2.90. The fourth-order valence-corrected chi connectivity index (χ4v) is 2.43. The van der Waals surface area contributed by atoms with Crippen LogP contribution in [0.3, 0.4) is 0 Å². The van der Waals surface area contributed by atoms with Gasteiger partial charge in [-0.25, -0.2) is 4.98 Å². The van der Waals surface area contributed by atoms with E-state index in [0.29, 0.717) is 5.82 Å². The molecule has 0 bridgehead atoms. The van der Waals surface area contributed by atoms with Gasteiger partial charge in [-0.1, -0.05) is 18.1 Å². The Hall–Kier alpha value is -1.75. The van der Waals surface area contributed by atoms with Gasteiger partial charge < -0.3 is 9.84 Å². The quantitative estimate of drug-likeness (QED) is 0.893. The number of nitrogens with one attached hydrogen (secondary N) is 1. The summed E-state index contributed by atoms with van der Waals surface area (Å²) < 4.78 is 5.47. The van der Waals surface area contributed by atoms with E-state index in [4.69, 9.17) is 4.52 Å². The zero-order chi connectivity index (χ0) is 13.3. The van der Waals surface area contributed by atoms with E-state index in [-0.39, 0.29) is 5.41 Å². The number of piperidine rings is 1. The predicted molar refractivity (Wildman–Crippen MR) is 71.7 cm³/mol. The number of aromatic nitrogens is 3. The summed E-state index contributed by atoms with van der Waals surface area (Å²) in [5.74, 6) is 1.31. The Morgan fingerprint density at radius 3 is 2.74 bits per heavy atom. The molecule has 2 aromatic rings. The first-order valence-electron chi connectivity index (χ1n) is 6.66. The van der Waals surface area contributed by atoms with E-state index in [9.17, 15) is 0 Å². The molecule has 0 amide bonds. The Labute approximate surface area is 112 Å². The lowest BCUT2D eigenvalue weighted by Crippen LogP contribution is -2.37. The summed E-state index contributed by atoms with van der Waals surface area (Å²) in [5, 5.41) is 7.43. The normalized spacial score (nSPS) is 18.4. The summed E-state index contributed by atoms with van der Waals surface area (Å²) in [4.78, 5) is 8.98.